The number of aliphatic hydroxyl groups excluding tert-OH is 1. The summed E-state index contributed by atoms with van der Waals surface area (Å²) in [6.45, 7) is 3.51. The summed E-state index contributed by atoms with van der Waals surface area (Å²) in [5.74, 6) is -0.555. The number of hydrogen-bond acceptors (Lipinski definition) is 5. The Labute approximate surface area is 151 Å². The van der Waals surface area contributed by atoms with Crippen molar-refractivity contribution in [1.29, 1.82) is 0 Å². The van der Waals surface area contributed by atoms with Gasteiger partial charge in [-0.2, -0.15) is 11.3 Å². The molecule has 6 heteroatoms. The lowest BCUT2D eigenvalue weighted by Crippen LogP contribution is -2.34. The van der Waals surface area contributed by atoms with Crippen molar-refractivity contribution < 1.29 is 19.0 Å². The highest BCUT2D eigenvalue weighted by Crippen LogP contribution is 2.14. The number of esters is 1. The number of halogens is 1. The molecule has 1 aromatic heterocycles. The third kappa shape index (κ3) is 7.34. The normalized spacial score (nSPS) is 12.3. The van der Waals surface area contributed by atoms with Crippen LogP contribution in [0.4, 0.5) is 4.39 Å². The predicted molar refractivity (Wildman–Crippen MR) is 96.7 cm³/mol. The third-order valence-electron chi connectivity index (χ3n) is 3.67. The molecule has 0 saturated carbocycles. The van der Waals surface area contributed by atoms with Crippen LogP contribution in [0.15, 0.2) is 41.1 Å². The summed E-state index contributed by atoms with van der Waals surface area (Å²) < 4.78 is 18.2. The van der Waals surface area contributed by atoms with Crippen LogP contribution in [0.1, 0.15) is 30.9 Å². The smallest absolute Gasteiger partial charge is 0.305 e. The van der Waals surface area contributed by atoms with Crippen LogP contribution in [0, 0.1) is 5.82 Å². The second-order valence-electron chi connectivity index (χ2n) is 6.01. The van der Waals surface area contributed by atoms with Crippen molar-refractivity contribution in [1.82, 2.24) is 4.90 Å². The van der Waals surface area contributed by atoms with E-state index in [4.69, 9.17) is 4.74 Å². The highest BCUT2D eigenvalue weighted by atomic mass is 32.1. The molecule has 0 aliphatic carbocycles. The van der Waals surface area contributed by atoms with Gasteiger partial charge in [0, 0.05) is 26.1 Å². The van der Waals surface area contributed by atoms with Gasteiger partial charge in [-0.05, 0) is 46.5 Å². The van der Waals surface area contributed by atoms with Gasteiger partial charge in [-0.3, -0.25) is 9.69 Å². The highest BCUT2D eigenvalue weighted by Gasteiger charge is 2.15. The van der Waals surface area contributed by atoms with Gasteiger partial charge in [0.05, 0.1) is 0 Å². The fourth-order valence-electron chi connectivity index (χ4n) is 2.49. The van der Waals surface area contributed by atoms with Crippen LogP contribution in [0.3, 0.4) is 0 Å². The summed E-state index contributed by atoms with van der Waals surface area (Å²) in [5, 5.41) is 14.3. The van der Waals surface area contributed by atoms with Crippen molar-refractivity contribution in [2.45, 2.75) is 39.0 Å². The van der Waals surface area contributed by atoms with Gasteiger partial charge < -0.3 is 9.84 Å². The Morgan fingerprint density at radius 2 is 1.96 bits per heavy atom. The van der Waals surface area contributed by atoms with E-state index >= 15 is 0 Å². The molecular formula is C19H24FNO3S. The van der Waals surface area contributed by atoms with Crippen molar-refractivity contribution in [3.63, 3.8) is 0 Å². The fourth-order valence-corrected chi connectivity index (χ4v) is 3.15. The Morgan fingerprint density at radius 3 is 2.60 bits per heavy atom. The molecule has 0 spiro atoms. The van der Waals surface area contributed by atoms with Crippen LogP contribution < -0.4 is 0 Å². The second-order valence-corrected chi connectivity index (χ2v) is 6.79. The molecule has 0 bridgehead atoms. The summed E-state index contributed by atoms with van der Waals surface area (Å²) in [5.41, 5.74) is 2.12. The molecule has 4 nitrogen and oxygen atoms in total. The van der Waals surface area contributed by atoms with Crippen molar-refractivity contribution in [3.8, 4) is 0 Å². The number of rotatable bonds is 10. The number of carbonyl (C=O) groups excluding carboxylic acids is 1. The van der Waals surface area contributed by atoms with Crippen LogP contribution in [-0.4, -0.2) is 35.2 Å². The van der Waals surface area contributed by atoms with Gasteiger partial charge in [-0.25, -0.2) is 4.39 Å². The number of carbonyl (C=O) groups is 1. The van der Waals surface area contributed by atoms with Crippen molar-refractivity contribution >= 4 is 17.3 Å². The minimum absolute atomic E-state index is 0.0115. The summed E-state index contributed by atoms with van der Waals surface area (Å²) in [6, 6.07) is 8.38. The van der Waals surface area contributed by atoms with Crippen LogP contribution >= 0.6 is 11.3 Å². The van der Waals surface area contributed by atoms with Crippen LogP contribution in [0.2, 0.25) is 0 Å². The SMILES string of the molecule is CCCC(=O)OCC(O)CN(Cc1ccc(F)cc1)Cc1ccsc1. The lowest BCUT2D eigenvalue weighted by molar-refractivity contribution is -0.147. The minimum atomic E-state index is -0.764. The van der Waals surface area contributed by atoms with Gasteiger partial charge in [0.25, 0.3) is 0 Å². The quantitative estimate of drug-likeness (QED) is 0.654. The molecule has 2 rings (SSSR count). The Balaban J connectivity index is 1.93. The zero-order chi connectivity index (χ0) is 18.1. The third-order valence-corrected chi connectivity index (χ3v) is 4.40. The number of hydrogen-bond donors (Lipinski definition) is 1. The number of thiophene rings is 1. The first-order chi connectivity index (χ1) is 12.1. The average molecular weight is 365 g/mol. The van der Waals surface area contributed by atoms with Crippen LogP contribution in [0.25, 0.3) is 0 Å². The van der Waals surface area contributed by atoms with E-state index in [-0.39, 0.29) is 18.4 Å². The van der Waals surface area contributed by atoms with E-state index in [1.165, 1.54) is 12.1 Å². The summed E-state index contributed by atoms with van der Waals surface area (Å²) in [6.07, 6.45) is 0.324. The Morgan fingerprint density at radius 1 is 1.24 bits per heavy atom. The average Bonchev–Trinajstić information content (AvgIpc) is 3.08. The Kier molecular flexibility index (Phi) is 8.04. The number of benzene rings is 1. The Bertz CT molecular complexity index is 631. The molecule has 1 atom stereocenters. The van der Waals surface area contributed by atoms with E-state index in [1.807, 2.05) is 18.4 Å². The molecule has 0 saturated heterocycles. The van der Waals surface area contributed by atoms with Crippen LogP contribution in [-0.2, 0) is 22.6 Å². The van der Waals surface area contributed by atoms with Crippen molar-refractivity contribution in [3.05, 3.63) is 58.0 Å². The molecule has 1 heterocycles. The molecule has 0 fully saturated rings. The lowest BCUT2D eigenvalue weighted by atomic mass is 10.2. The van der Waals surface area contributed by atoms with Crippen molar-refractivity contribution in [2.24, 2.45) is 0 Å². The van der Waals surface area contributed by atoms with E-state index in [9.17, 15) is 14.3 Å². The molecule has 0 amide bonds. The molecule has 0 aliphatic rings. The first-order valence-corrected chi connectivity index (χ1v) is 9.32. The molecule has 0 aliphatic heterocycles. The first-order valence-electron chi connectivity index (χ1n) is 8.38. The van der Waals surface area contributed by atoms with Gasteiger partial charge >= 0.3 is 5.97 Å². The van der Waals surface area contributed by atoms with Gasteiger partial charge in [0.15, 0.2) is 0 Å². The largest absolute Gasteiger partial charge is 0.463 e. The molecule has 0 radical (unpaired) electrons. The van der Waals surface area contributed by atoms with Gasteiger partial charge in [-0.1, -0.05) is 19.1 Å². The topological polar surface area (TPSA) is 49.8 Å². The highest BCUT2D eigenvalue weighted by molar-refractivity contribution is 7.07. The van der Waals surface area contributed by atoms with Gasteiger partial charge in [0.1, 0.15) is 18.5 Å². The van der Waals surface area contributed by atoms with Crippen molar-refractivity contribution in [2.75, 3.05) is 13.2 Å². The van der Waals surface area contributed by atoms with E-state index < -0.39 is 6.10 Å². The van der Waals surface area contributed by atoms with Gasteiger partial charge in [-0.15, -0.1) is 0 Å². The Hall–Kier alpha value is -1.76. The first kappa shape index (κ1) is 19.6. The van der Waals surface area contributed by atoms with E-state index in [0.29, 0.717) is 26.1 Å². The molecular weight excluding hydrogens is 341 g/mol. The number of aliphatic hydroxyl groups is 1. The number of ether oxygens (including phenoxy) is 1. The predicted octanol–water partition coefficient (Wildman–Crippen LogP) is 3.59. The molecule has 136 valence electrons. The van der Waals surface area contributed by atoms with Crippen LogP contribution in [0.5, 0.6) is 0 Å². The molecule has 25 heavy (non-hydrogen) atoms. The monoisotopic (exact) mass is 365 g/mol. The minimum Gasteiger partial charge on any atom is -0.463 e. The summed E-state index contributed by atoms with van der Waals surface area (Å²) >= 11 is 1.62. The maximum absolute atomic E-state index is 13.1. The van der Waals surface area contributed by atoms with Gasteiger partial charge in [0.2, 0.25) is 0 Å². The van der Waals surface area contributed by atoms with E-state index in [2.05, 4.69) is 10.3 Å². The fraction of sp³-hybridized carbons (Fsp3) is 0.421. The second kappa shape index (κ2) is 10.3. The molecule has 2 aromatic rings. The lowest BCUT2D eigenvalue weighted by Gasteiger charge is -2.25. The van der Waals surface area contributed by atoms with E-state index in [1.54, 1.807) is 23.5 Å². The molecule has 1 aromatic carbocycles. The summed E-state index contributed by atoms with van der Waals surface area (Å²) in [7, 11) is 0. The molecule has 1 N–H and O–H groups in total. The zero-order valence-electron chi connectivity index (χ0n) is 14.4. The van der Waals surface area contributed by atoms with E-state index in [0.717, 1.165) is 17.5 Å². The maximum Gasteiger partial charge on any atom is 0.305 e. The zero-order valence-corrected chi connectivity index (χ0v) is 15.2. The maximum atomic E-state index is 13.1. The number of nitrogens with zero attached hydrogens (tertiary/aromatic N) is 1. The standard InChI is InChI=1S/C19H24FNO3S/c1-2-3-19(23)24-13-18(22)12-21(11-16-8-9-25-14-16)10-15-4-6-17(20)7-5-15/h4-9,14,18,22H,2-3,10-13H2,1H3. The molecule has 1 unspecified atom stereocenters. The summed E-state index contributed by atoms with van der Waals surface area (Å²) in [4.78, 5) is 13.5.